The number of pyridine rings is 1. The molecule has 0 saturated heterocycles. The summed E-state index contributed by atoms with van der Waals surface area (Å²) < 4.78 is 1.01. The van der Waals surface area contributed by atoms with Crippen LogP contribution in [0.15, 0.2) is 28.7 Å². The van der Waals surface area contributed by atoms with Crippen molar-refractivity contribution in [2.24, 2.45) is 0 Å². The second-order valence-electron chi connectivity index (χ2n) is 3.68. The summed E-state index contributed by atoms with van der Waals surface area (Å²) in [5.41, 5.74) is 1.97. The van der Waals surface area contributed by atoms with Crippen LogP contribution in [0.2, 0.25) is 15.2 Å². The van der Waals surface area contributed by atoms with Crippen LogP contribution < -0.4 is 5.32 Å². The normalized spacial score (nSPS) is 10.5. The third-order valence-corrected chi connectivity index (χ3v) is 3.78. The van der Waals surface area contributed by atoms with Gasteiger partial charge in [-0.15, -0.1) is 0 Å². The summed E-state index contributed by atoms with van der Waals surface area (Å²) in [6.07, 6.45) is 0. The summed E-state index contributed by atoms with van der Waals surface area (Å²) in [5.74, 6) is 0.483. The molecule has 6 heteroatoms. The molecular weight excluding hydrogens is 358 g/mol. The number of hydrogen-bond donors (Lipinski definition) is 1. The molecule has 2 aromatic rings. The number of hydrogen-bond acceptors (Lipinski definition) is 2. The van der Waals surface area contributed by atoms with Gasteiger partial charge in [-0.2, -0.15) is 0 Å². The van der Waals surface area contributed by atoms with Gasteiger partial charge in [-0.25, -0.2) is 4.98 Å². The van der Waals surface area contributed by atoms with Crippen LogP contribution in [0, 0.1) is 6.92 Å². The first-order valence-electron chi connectivity index (χ1n) is 5.02. The highest BCUT2D eigenvalue weighted by Gasteiger charge is 2.09. The van der Waals surface area contributed by atoms with Crippen molar-refractivity contribution in [1.29, 1.82) is 0 Å². The van der Waals surface area contributed by atoms with Gasteiger partial charge in [-0.05, 0) is 36.8 Å². The molecule has 0 fully saturated rings. The molecular formula is C12H8BrCl3N2. The summed E-state index contributed by atoms with van der Waals surface area (Å²) in [4.78, 5) is 4.11. The molecule has 0 aliphatic carbocycles. The largest absolute Gasteiger partial charge is 0.339 e. The second-order valence-corrected chi connectivity index (χ2v) is 5.76. The van der Waals surface area contributed by atoms with E-state index in [-0.39, 0.29) is 5.15 Å². The number of anilines is 2. The summed E-state index contributed by atoms with van der Waals surface area (Å²) >= 11 is 21.2. The van der Waals surface area contributed by atoms with Crippen molar-refractivity contribution in [2.75, 3.05) is 5.32 Å². The van der Waals surface area contributed by atoms with Crippen LogP contribution in [0.3, 0.4) is 0 Å². The molecule has 2 nitrogen and oxygen atoms in total. The van der Waals surface area contributed by atoms with E-state index in [4.69, 9.17) is 34.8 Å². The summed E-state index contributed by atoms with van der Waals surface area (Å²) in [7, 11) is 0. The Morgan fingerprint density at radius 2 is 1.83 bits per heavy atom. The van der Waals surface area contributed by atoms with E-state index in [9.17, 15) is 0 Å². The zero-order chi connectivity index (χ0) is 13.3. The van der Waals surface area contributed by atoms with Crippen molar-refractivity contribution in [3.8, 4) is 0 Å². The van der Waals surface area contributed by atoms with Crippen LogP contribution in [0.4, 0.5) is 11.5 Å². The Labute approximate surface area is 128 Å². The Morgan fingerprint density at radius 1 is 1.11 bits per heavy atom. The van der Waals surface area contributed by atoms with Crippen molar-refractivity contribution in [3.63, 3.8) is 0 Å². The fourth-order valence-corrected chi connectivity index (χ4v) is 2.45. The standard InChI is InChI=1S/C12H8BrCl3N2/c1-6-4-7(13)2-3-10(6)17-12-9(15)5-8(14)11(16)18-12/h2-5H,1H3,(H,17,18). The molecule has 0 spiro atoms. The lowest BCUT2D eigenvalue weighted by Gasteiger charge is -2.11. The lowest BCUT2D eigenvalue weighted by Crippen LogP contribution is -1.97. The number of rotatable bonds is 2. The number of nitrogens with one attached hydrogen (secondary N) is 1. The van der Waals surface area contributed by atoms with E-state index in [1.165, 1.54) is 0 Å². The summed E-state index contributed by atoms with van der Waals surface area (Å²) in [6, 6.07) is 7.42. The average Bonchev–Trinajstić information content (AvgIpc) is 2.29. The van der Waals surface area contributed by atoms with Crippen LogP contribution in [0.1, 0.15) is 5.56 Å². The Balaban J connectivity index is 2.37. The Bertz CT molecular complexity index is 602. The van der Waals surface area contributed by atoms with Gasteiger partial charge in [0.05, 0.1) is 10.0 Å². The Morgan fingerprint density at radius 3 is 2.50 bits per heavy atom. The molecule has 0 bridgehead atoms. The van der Waals surface area contributed by atoms with E-state index in [1.807, 2.05) is 25.1 Å². The number of benzene rings is 1. The monoisotopic (exact) mass is 364 g/mol. The maximum atomic E-state index is 6.06. The molecule has 0 amide bonds. The van der Waals surface area contributed by atoms with E-state index in [0.29, 0.717) is 15.9 Å². The molecule has 0 atom stereocenters. The van der Waals surface area contributed by atoms with Gasteiger partial charge in [0.1, 0.15) is 5.15 Å². The summed E-state index contributed by atoms with van der Waals surface area (Å²) in [6.45, 7) is 1.98. The molecule has 0 aliphatic rings. The summed E-state index contributed by atoms with van der Waals surface area (Å²) in [5, 5.41) is 4.11. The minimum Gasteiger partial charge on any atom is -0.339 e. The van der Waals surface area contributed by atoms with Gasteiger partial charge in [-0.3, -0.25) is 0 Å². The quantitative estimate of drug-likeness (QED) is 0.674. The van der Waals surface area contributed by atoms with Crippen molar-refractivity contribution in [2.45, 2.75) is 6.92 Å². The Hall–Kier alpha value is -0.480. The van der Waals surface area contributed by atoms with Gasteiger partial charge in [-0.1, -0.05) is 50.7 Å². The van der Waals surface area contributed by atoms with Crippen LogP contribution in [0.25, 0.3) is 0 Å². The van der Waals surface area contributed by atoms with Crippen LogP contribution in [0.5, 0.6) is 0 Å². The van der Waals surface area contributed by atoms with Gasteiger partial charge in [0.15, 0.2) is 5.82 Å². The molecule has 94 valence electrons. The number of nitrogens with zero attached hydrogens (tertiary/aromatic N) is 1. The molecule has 0 aliphatic heterocycles. The molecule has 18 heavy (non-hydrogen) atoms. The minimum atomic E-state index is 0.221. The number of halogens is 4. The zero-order valence-corrected chi connectivity index (χ0v) is 13.1. The maximum Gasteiger partial charge on any atom is 0.151 e. The van der Waals surface area contributed by atoms with Gasteiger partial charge in [0.25, 0.3) is 0 Å². The van der Waals surface area contributed by atoms with Gasteiger partial charge >= 0.3 is 0 Å². The third-order valence-electron chi connectivity index (χ3n) is 2.33. The van der Waals surface area contributed by atoms with Crippen LogP contribution in [-0.4, -0.2) is 4.98 Å². The van der Waals surface area contributed by atoms with E-state index in [0.717, 1.165) is 15.7 Å². The van der Waals surface area contributed by atoms with Crippen molar-refractivity contribution < 1.29 is 0 Å². The highest BCUT2D eigenvalue weighted by Crippen LogP contribution is 2.31. The maximum absolute atomic E-state index is 6.06. The highest BCUT2D eigenvalue weighted by molar-refractivity contribution is 9.10. The van der Waals surface area contributed by atoms with E-state index >= 15 is 0 Å². The molecule has 1 aromatic carbocycles. The van der Waals surface area contributed by atoms with Crippen LogP contribution >= 0.6 is 50.7 Å². The fourth-order valence-electron chi connectivity index (χ4n) is 1.43. The Kier molecular flexibility index (Phi) is 4.38. The van der Waals surface area contributed by atoms with Crippen molar-refractivity contribution in [3.05, 3.63) is 49.5 Å². The smallest absolute Gasteiger partial charge is 0.151 e. The zero-order valence-electron chi connectivity index (χ0n) is 9.27. The fraction of sp³-hybridized carbons (Fsp3) is 0.0833. The molecule has 0 unspecified atom stereocenters. The molecule has 0 radical (unpaired) electrons. The minimum absolute atomic E-state index is 0.221. The first kappa shape index (κ1) is 13.9. The lowest BCUT2D eigenvalue weighted by atomic mass is 10.2. The predicted octanol–water partition coefficient (Wildman–Crippen LogP) is 5.86. The van der Waals surface area contributed by atoms with Crippen LogP contribution in [-0.2, 0) is 0 Å². The molecule has 2 rings (SSSR count). The predicted molar refractivity (Wildman–Crippen MR) is 81.4 cm³/mol. The third kappa shape index (κ3) is 3.09. The number of aryl methyl sites for hydroxylation is 1. The average molecular weight is 366 g/mol. The first-order chi connectivity index (χ1) is 8.47. The SMILES string of the molecule is Cc1cc(Br)ccc1Nc1nc(Cl)c(Cl)cc1Cl. The molecule has 1 N–H and O–H groups in total. The van der Waals surface area contributed by atoms with Crippen molar-refractivity contribution in [1.82, 2.24) is 4.98 Å². The van der Waals surface area contributed by atoms with E-state index in [2.05, 4.69) is 26.2 Å². The van der Waals surface area contributed by atoms with Gasteiger partial charge in [0.2, 0.25) is 0 Å². The van der Waals surface area contributed by atoms with Gasteiger partial charge < -0.3 is 5.32 Å². The topological polar surface area (TPSA) is 24.9 Å². The lowest BCUT2D eigenvalue weighted by molar-refractivity contribution is 1.29. The molecule has 1 heterocycles. The van der Waals surface area contributed by atoms with Gasteiger partial charge in [0, 0.05) is 10.2 Å². The highest BCUT2D eigenvalue weighted by atomic mass is 79.9. The molecule has 1 aromatic heterocycles. The number of aromatic nitrogens is 1. The van der Waals surface area contributed by atoms with E-state index < -0.39 is 0 Å². The van der Waals surface area contributed by atoms with Crippen molar-refractivity contribution >= 4 is 62.2 Å². The molecule has 0 saturated carbocycles. The van der Waals surface area contributed by atoms with E-state index in [1.54, 1.807) is 6.07 Å². The first-order valence-corrected chi connectivity index (χ1v) is 6.95. The second kappa shape index (κ2) is 5.66.